The molecule has 0 unspecified atom stereocenters. The van der Waals surface area contributed by atoms with Crippen molar-refractivity contribution in [1.29, 1.82) is 0 Å². The van der Waals surface area contributed by atoms with Gasteiger partial charge in [0.15, 0.2) is 11.3 Å². The lowest BCUT2D eigenvalue weighted by Crippen LogP contribution is -1.87. The molecule has 8 nitrogen and oxygen atoms in total. The van der Waals surface area contributed by atoms with Crippen LogP contribution in [-0.2, 0) is 7.05 Å². The van der Waals surface area contributed by atoms with Crippen LogP contribution in [0.3, 0.4) is 0 Å². The molecule has 0 bridgehead atoms. The Morgan fingerprint density at radius 1 is 1.00 bits per heavy atom. The van der Waals surface area contributed by atoms with Crippen LogP contribution in [0.25, 0.3) is 33.0 Å². The first-order valence-corrected chi connectivity index (χ1v) is 8.43. The summed E-state index contributed by atoms with van der Waals surface area (Å²) in [5.74, 6) is 0.167. The van der Waals surface area contributed by atoms with Crippen molar-refractivity contribution < 1.29 is 5.11 Å². The van der Waals surface area contributed by atoms with Gasteiger partial charge in [-0.1, -0.05) is 36.4 Å². The summed E-state index contributed by atoms with van der Waals surface area (Å²) in [7, 11) is 1.79. The Hall–Kier alpha value is -3.81. The van der Waals surface area contributed by atoms with Crippen LogP contribution in [0.4, 0.5) is 11.6 Å². The molecule has 8 heteroatoms. The average Bonchev–Trinajstić information content (AvgIpc) is 3.16. The highest BCUT2D eigenvalue weighted by Crippen LogP contribution is 2.39. The van der Waals surface area contributed by atoms with E-state index in [0.29, 0.717) is 16.9 Å². The van der Waals surface area contributed by atoms with Gasteiger partial charge in [0.1, 0.15) is 5.52 Å². The number of benzene rings is 2. The first-order chi connectivity index (χ1) is 13.1. The largest absolute Gasteiger partial charge is 0.493 e. The minimum Gasteiger partial charge on any atom is -0.493 e. The van der Waals surface area contributed by atoms with E-state index in [4.69, 9.17) is 0 Å². The minimum atomic E-state index is 0.0442. The summed E-state index contributed by atoms with van der Waals surface area (Å²) in [6.45, 7) is 1.99. The number of aromatic nitrogens is 5. The number of H-pyrrole nitrogens is 1. The van der Waals surface area contributed by atoms with Crippen molar-refractivity contribution in [3.05, 3.63) is 48.0 Å². The Kier molecular flexibility index (Phi) is 3.20. The maximum absolute atomic E-state index is 10.4. The third-order valence-corrected chi connectivity index (χ3v) is 4.71. The first-order valence-electron chi connectivity index (χ1n) is 8.43. The van der Waals surface area contributed by atoms with Gasteiger partial charge in [-0.15, -0.1) is 20.4 Å². The Labute approximate surface area is 153 Å². The SMILES string of the molecule is Cc1cccc2c(N=Nc3nnc4c(n3)[nH]c3ccccc34)c(O)n(C)c12. The van der Waals surface area contributed by atoms with Crippen LogP contribution in [0, 0.1) is 6.92 Å². The molecular weight excluding hydrogens is 342 g/mol. The molecule has 0 radical (unpaired) electrons. The fourth-order valence-corrected chi connectivity index (χ4v) is 3.43. The topological polar surface area (TPSA) is 104 Å². The van der Waals surface area contributed by atoms with Gasteiger partial charge in [-0.05, 0) is 18.6 Å². The monoisotopic (exact) mass is 357 g/mol. The van der Waals surface area contributed by atoms with Crippen LogP contribution in [-0.4, -0.2) is 29.8 Å². The summed E-state index contributed by atoms with van der Waals surface area (Å²) >= 11 is 0. The molecule has 132 valence electrons. The number of aromatic hydroxyl groups is 1. The van der Waals surface area contributed by atoms with E-state index < -0.39 is 0 Å². The van der Waals surface area contributed by atoms with Gasteiger partial charge >= 0.3 is 0 Å². The number of aromatic amines is 1. The highest BCUT2D eigenvalue weighted by atomic mass is 16.3. The van der Waals surface area contributed by atoms with E-state index in [2.05, 4.69) is 30.4 Å². The predicted octanol–water partition coefficient (Wildman–Crippen LogP) is 4.43. The van der Waals surface area contributed by atoms with Crippen LogP contribution < -0.4 is 0 Å². The molecular formula is C19H15N7O. The van der Waals surface area contributed by atoms with Gasteiger partial charge in [0, 0.05) is 23.3 Å². The van der Waals surface area contributed by atoms with E-state index in [1.165, 1.54) is 0 Å². The molecule has 2 N–H and O–H groups in total. The zero-order valence-corrected chi connectivity index (χ0v) is 14.7. The Morgan fingerprint density at radius 2 is 1.81 bits per heavy atom. The maximum Gasteiger partial charge on any atom is 0.289 e. The molecule has 0 fully saturated rings. The second-order valence-electron chi connectivity index (χ2n) is 6.38. The highest BCUT2D eigenvalue weighted by Gasteiger charge is 2.16. The summed E-state index contributed by atoms with van der Waals surface area (Å²) in [5, 5.41) is 28.8. The molecule has 2 aromatic carbocycles. The summed E-state index contributed by atoms with van der Waals surface area (Å²) in [6.07, 6.45) is 0. The van der Waals surface area contributed by atoms with E-state index in [1.807, 2.05) is 49.4 Å². The Bertz CT molecular complexity index is 1360. The number of nitrogens with one attached hydrogen (secondary N) is 1. The molecule has 0 amide bonds. The zero-order chi connectivity index (χ0) is 18.5. The van der Waals surface area contributed by atoms with Gasteiger partial charge < -0.3 is 14.7 Å². The molecule has 27 heavy (non-hydrogen) atoms. The molecule has 0 spiro atoms. The van der Waals surface area contributed by atoms with Crippen molar-refractivity contribution in [2.24, 2.45) is 17.3 Å². The van der Waals surface area contributed by atoms with E-state index in [0.717, 1.165) is 27.4 Å². The number of azo groups is 1. The van der Waals surface area contributed by atoms with Crippen molar-refractivity contribution in [1.82, 2.24) is 24.7 Å². The molecule has 3 aromatic heterocycles. The molecule has 0 aliphatic rings. The number of hydrogen-bond donors (Lipinski definition) is 2. The fourth-order valence-electron chi connectivity index (χ4n) is 3.43. The fraction of sp³-hybridized carbons (Fsp3) is 0.105. The van der Waals surface area contributed by atoms with Crippen LogP contribution in [0.15, 0.2) is 52.7 Å². The van der Waals surface area contributed by atoms with Gasteiger partial charge in [0.05, 0.1) is 5.52 Å². The number of aryl methyl sites for hydroxylation is 2. The number of rotatable bonds is 2. The summed E-state index contributed by atoms with van der Waals surface area (Å²) in [4.78, 5) is 7.58. The van der Waals surface area contributed by atoms with Crippen LogP contribution in [0.5, 0.6) is 5.88 Å². The molecule has 5 aromatic rings. The lowest BCUT2D eigenvalue weighted by molar-refractivity contribution is 0.436. The van der Waals surface area contributed by atoms with Gasteiger partial charge in [-0.3, -0.25) is 0 Å². The van der Waals surface area contributed by atoms with E-state index in [9.17, 15) is 5.11 Å². The third kappa shape index (κ3) is 2.27. The second-order valence-corrected chi connectivity index (χ2v) is 6.38. The van der Waals surface area contributed by atoms with Crippen molar-refractivity contribution in [2.75, 3.05) is 0 Å². The van der Waals surface area contributed by atoms with Gasteiger partial charge in [-0.25, -0.2) is 0 Å². The summed E-state index contributed by atoms with van der Waals surface area (Å²) < 4.78 is 1.69. The molecule has 0 aliphatic carbocycles. The van der Waals surface area contributed by atoms with Gasteiger partial charge in [0.2, 0.25) is 5.88 Å². The number of hydrogen-bond acceptors (Lipinski definition) is 6. The highest BCUT2D eigenvalue weighted by molar-refractivity contribution is 6.03. The lowest BCUT2D eigenvalue weighted by Gasteiger charge is -1.99. The van der Waals surface area contributed by atoms with Crippen LogP contribution in [0.1, 0.15) is 5.56 Å². The maximum atomic E-state index is 10.4. The molecule has 0 saturated carbocycles. The van der Waals surface area contributed by atoms with E-state index >= 15 is 0 Å². The van der Waals surface area contributed by atoms with Crippen molar-refractivity contribution in [2.45, 2.75) is 6.92 Å². The third-order valence-electron chi connectivity index (χ3n) is 4.71. The molecule has 0 saturated heterocycles. The molecule has 3 heterocycles. The van der Waals surface area contributed by atoms with Crippen molar-refractivity contribution in [3.8, 4) is 5.88 Å². The summed E-state index contributed by atoms with van der Waals surface area (Å²) in [6, 6.07) is 13.6. The predicted molar refractivity (Wildman–Crippen MR) is 103 cm³/mol. The van der Waals surface area contributed by atoms with Gasteiger partial charge in [-0.2, -0.15) is 4.98 Å². The summed E-state index contributed by atoms with van der Waals surface area (Å²) in [5.41, 5.74) is 4.56. The normalized spacial score (nSPS) is 12.1. The Morgan fingerprint density at radius 3 is 2.70 bits per heavy atom. The van der Waals surface area contributed by atoms with Crippen molar-refractivity contribution in [3.63, 3.8) is 0 Å². The molecule has 5 rings (SSSR count). The number of fused-ring (bicyclic) bond motifs is 4. The molecule has 0 aliphatic heterocycles. The quantitative estimate of drug-likeness (QED) is 0.456. The standard InChI is InChI=1S/C19H15N7O/c1-10-6-5-8-12-15(18(27)26(2)16(10)12)23-25-19-21-17-14(22-24-19)11-7-3-4-9-13(11)20-17/h3-9,27H,1-2H3,(H,20,21,24). The van der Waals surface area contributed by atoms with Crippen LogP contribution in [0.2, 0.25) is 0 Å². The zero-order valence-electron chi connectivity index (χ0n) is 14.7. The lowest BCUT2D eigenvalue weighted by atomic mass is 10.1. The van der Waals surface area contributed by atoms with E-state index in [1.54, 1.807) is 11.6 Å². The first kappa shape index (κ1) is 15.4. The van der Waals surface area contributed by atoms with Crippen molar-refractivity contribution >= 4 is 44.6 Å². The number of para-hydroxylation sites is 2. The Balaban J connectivity index is 1.62. The average molecular weight is 357 g/mol. The number of nitrogens with zero attached hydrogens (tertiary/aromatic N) is 6. The van der Waals surface area contributed by atoms with E-state index in [-0.39, 0.29) is 11.8 Å². The minimum absolute atomic E-state index is 0.0442. The van der Waals surface area contributed by atoms with Crippen LogP contribution >= 0.6 is 0 Å². The van der Waals surface area contributed by atoms with Gasteiger partial charge in [0.25, 0.3) is 5.95 Å². The second kappa shape index (κ2) is 5.60. The molecule has 0 atom stereocenters. The smallest absolute Gasteiger partial charge is 0.289 e.